The molecule has 0 heterocycles. The second kappa shape index (κ2) is 6.36. The van der Waals surface area contributed by atoms with Crippen molar-refractivity contribution in [3.8, 4) is 0 Å². The maximum Gasteiger partial charge on any atom is -0.0110 e. The van der Waals surface area contributed by atoms with E-state index in [1.54, 1.807) is 0 Å². The fourth-order valence-corrected chi connectivity index (χ4v) is 2.41. The van der Waals surface area contributed by atoms with Crippen LogP contribution in [0, 0.1) is 12.3 Å². The van der Waals surface area contributed by atoms with Crippen LogP contribution in [0.2, 0.25) is 0 Å². The van der Waals surface area contributed by atoms with Gasteiger partial charge in [-0.2, -0.15) is 0 Å². The molecule has 0 N–H and O–H groups in total. The van der Waals surface area contributed by atoms with E-state index in [0.29, 0.717) is 0 Å². The molecule has 2 rings (SSSR count). The Labute approximate surface area is 135 Å². The average Bonchev–Trinajstić information content (AvgIpc) is 2.47. The van der Waals surface area contributed by atoms with Crippen LogP contribution < -0.4 is 0 Å². The highest BCUT2D eigenvalue weighted by atomic mass is 14.2. The van der Waals surface area contributed by atoms with E-state index in [2.05, 4.69) is 89.4 Å². The molecule has 0 radical (unpaired) electrons. The molecule has 0 heteroatoms. The predicted molar refractivity (Wildman–Crippen MR) is 98.1 cm³/mol. The summed E-state index contributed by atoms with van der Waals surface area (Å²) in [7, 11) is 0. The second-order valence-corrected chi connectivity index (χ2v) is 6.88. The molecule has 0 bridgehead atoms. The van der Waals surface area contributed by atoms with Gasteiger partial charge in [-0.15, -0.1) is 0 Å². The van der Waals surface area contributed by atoms with E-state index in [0.717, 1.165) is 12.0 Å². The van der Waals surface area contributed by atoms with Crippen molar-refractivity contribution in [2.24, 2.45) is 5.41 Å². The first-order valence-corrected chi connectivity index (χ1v) is 7.81. The quantitative estimate of drug-likeness (QED) is 0.575. The van der Waals surface area contributed by atoms with Crippen LogP contribution in [0.1, 0.15) is 43.0 Å². The molecule has 0 aliphatic heterocycles. The Morgan fingerprint density at radius 3 is 1.77 bits per heavy atom. The SMILES string of the molecule is C=C(c1ccc(C)cc1)c1ccc(CC(C)(C)C(=C)C)cc1. The van der Waals surface area contributed by atoms with Gasteiger partial charge in [-0.1, -0.05) is 86.7 Å². The average molecular weight is 290 g/mol. The molecule has 0 spiro atoms. The predicted octanol–water partition coefficient (Wildman–Crippen LogP) is 6.20. The lowest BCUT2D eigenvalue weighted by molar-refractivity contribution is 0.445. The molecule has 2 aromatic rings. The molecule has 0 atom stereocenters. The Morgan fingerprint density at radius 2 is 1.32 bits per heavy atom. The first-order valence-electron chi connectivity index (χ1n) is 7.81. The van der Waals surface area contributed by atoms with Crippen molar-refractivity contribution in [1.82, 2.24) is 0 Å². The summed E-state index contributed by atoms with van der Waals surface area (Å²) < 4.78 is 0. The van der Waals surface area contributed by atoms with Gasteiger partial charge in [0.15, 0.2) is 0 Å². The van der Waals surface area contributed by atoms with Crippen LogP contribution >= 0.6 is 0 Å². The Hall–Kier alpha value is -2.08. The maximum atomic E-state index is 4.24. The van der Waals surface area contributed by atoms with Gasteiger partial charge in [0.05, 0.1) is 0 Å². The van der Waals surface area contributed by atoms with E-state index >= 15 is 0 Å². The zero-order valence-electron chi connectivity index (χ0n) is 14.2. The van der Waals surface area contributed by atoms with Crippen LogP contribution in [-0.2, 0) is 6.42 Å². The van der Waals surface area contributed by atoms with Gasteiger partial charge < -0.3 is 0 Å². The molecule has 114 valence electrons. The molecule has 0 saturated carbocycles. The monoisotopic (exact) mass is 290 g/mol. The van der Waals surface area contributed by atoms with E-state index in [-0.39, 0.29) is 5.41 Å². The van der Waals surface area contributed by atoms with Crippen LogP contribution in [0.3, 0.4) is 0 Å². The molecule has 22 heavy (non-hydrogen) atoms. The lowest BCUT2D eigenvalue weighted by Gasteiger charge is -2.25. The molecule has 0 aliphatic rings. The smallest absolute Gasteiger partial charge is 0.0110 e. The van der Waals surface area contributed by atoms with Gasteiger partial charge in [0.2, 0.25) is 0 Å². The van der Waals surface area contributed by atoms with Crippen LogP contribution in [0.25, 0.3) is 5.57 Å². The zero-order valence-corrected chi connectivity index (χ0v) is 14.2. The molecule has 0 aromatic heterocycles. The van der Waals surface area contributed by atoms with Gasteiger partial charge in [0.1, 0.15) is 0 Å². The number of allylic oxidation sites excluding steroid dienone is 1. The molecule has 0 amide bonds. The lowest BCUT2D eigenvalue weighted by Crippen LogP contribution is -2.15. The molecule has 0 nitrogen and oxygen atoms in total. The van der Waals surface area contributed by atoms with E-state index in [9.17, 15) is 0 Å². The molecule has 0 unspecified atom stereocenters. The van der Waals surface area contributed by atoms with Gasteiger partial charge in [0.25, 0.3) is 0 Å². The third-order valence-electron chi connectivity index (χ3n) is 4.50. The van der Waals surface area contributed by atoms with E-state index in [4.69, 9.17) is 0 Å². The summed E-state index contributed by atoms with van der Waals surface area (Å²) in [4.78, 5) is 0. The summed E-state index contributed by atoms with van der Waals surface area (Å²) in [5.74, 6) is 0. The molecule has 2 aromatic carbocycles. The normalized spacial score (nSPS) is 11.3. The summed E-state index contributed by atoms with van der Waals surface area (Å²) in [5.41, 5.74) is 7.41. The van der Waals surface area contributed by atoms with Gasteiger partial charge in [-0.25, -0.2) is 0 Å². The van der Waals surface area contributed by atoms with Crippen molar-refractivity contribution >= 4 is 5.57 Å². The third-order valence-corrected chi connectivity index (χ3v) is 4.50. The molecular weight excluding hydrogens is 264 g/mol. The summed E-state index contributed by atoms with van der Waals surface area (Å²) >= 11 is 0. The standard InChI is InChI=1S/C22H26/c1-16(2)22(5,6)15-19-9-13-21(14-10-19)18(4)20-11-7-17(3)8-12-20/h7-14H,1,4,15H2,2-3,5-6H3. The summed E-state index contributed by atoms with van der Waals surface area (Å²) in [6, 6.07) is 17.3. The number of benzene rings is 2. The highest BCUT2D eigenvalue weighted by Gasteiger charge is 2.19. The lowest BCUT2D eigenvalue weighted by atomic mass is 9.80. The van der Waals surface area contributed by atoms with Crippen LogP contribution in [0.15, 0.2) is 67.3 Å². The third kappa shape index (κ3) is 3.76. The van der Waals surface area contributed by atoms with Gasteiger partial charge in [-0.05, 0) is 47.9 Å². The highest BCUT2D eigenvalue weighted by Crippen LogP contribution is 2.30. The van der Waals surface area contributed by atoms with Crippen LogP contribution in [0.4, 0.5) is 0 Å². The fraction of sp³-hybridized carbons (Fsp3) is 0.273. The van der Waals surface area contributed by atoms with Crippen LogP contribution in [0.5, 0.6) is 0 Å². The van der Waals surface area contributed by atoms with Gasteiger partial charge >= 0.3 is 0 Å². The molecular formula is C22H26. The Morgan fingerprint density at radius 1 is 0.864 bits per heavy atom. The zero-order chi connectivity index (χ0) is 16.3. The van der Waals surface area contributed by atoms with Crippen LogP contribution in [-0.4, -0.2) is 0 Å². The highest BCUT2D eigenvalue weighted by molar-refractivity contribution is 5.78. The molecule has 0 saturated heterocycles. The Balaban J connectivity index is 2.16. The molecule has 0 fully saturated rings. The summed E-state index contributed by atoms with van der Waals surface area (Å²) in [5, 5.41) is 0. The Bertz CT molecular complexity index is 667. The van der Waals surface area contributed by atoms with Crippen molar-refractivity contribution in [1.29, 1.82) is 0 Å². The minimum atomic E-state index is 0.134. The van der Waals surface area contributed by atoms with Crippen molar-refractivity contribution in [2.75, 3.05) is 0 Å². The van der Waals surface area contributed by atoms with Crippen molar-refractivity contribution in [2.45, 2.75) is 34.1 Å². The minimum absolute atomic E-state index is 0.134. The van der Waals surface area contributed by atoms with E-state index < -0.39 is 0 Å². The Kier molecular flexibility index (Phi) is 4.71. The maximum absolute atomic E-state index is 4.24. The summed E-state index contributed by atoms with van der Waals surface area (Å²) in [6.07, 6.45) is 1.01. The first kappa shape index (κ1) is 16.3. The van der Waals surface area contributed by atoms with Crippen molar-refractivity contribution in [3.05, 3.63) is 89.5 Å². The fourth-order valence-electron chi connectivity index (χ4n) is 2.41. The van der Waals surface area contributed by atoms with Gasteiger partial charge in [0, 0.05) is 0 Å². The van der Waals surface area contributed by atoms with E-state index in [1.165, 1.54) is 27.8 Å². The number of hydrogen-bond acceptors (Lipinski definition) is 0. The van der Waals surface area contributed by atoms with Gasteiger partial charge in [-0.3, -0.25) is 0 Å². The first-order chi connectivity index (χ1) is 10.3. The van der Waals surface area contributed by atoms with E-state index in [1.807, 2.05) is 0 Å². The number of rotatable bonds is 5. The van der Waals surface area contributed by atoms with Crippen molar-refractivity contribution in [3.63, 3.8) is 0 Å². The topological polar surface area (TPSA) is 0 Å². The molecule has 0 aliphatic carbocycles. The number of aryl methyl sites for hydroxylation is 1. The summed E-state index contributed by atoms with van der Waals surface area (Å²) in [6.45, 7) is 17.0. The second-order valence-electron chi connectivity index (χ2n) is 6.88. The largest absolute Gasteiger partial charge is 0.0996 e. The van der Waals surface area contributed by atoms with Crippen molar-refractivity contribution < 1.29 is 0 Å². The number of hydrogen-bond donors (Lipinski definition) is 0. The minimum Gasteiger partial charge on any atom is -0.0996 e.